The van der Waals surface area contributed by atoms with Gasteiger partial charge >= 0.3 is 12.0 Å². The summed E-state index contributed by atoms with van der Waals surface area (Å²) in [4.78, 5) is 26.6. The van der Waals surface area contributed by atoms with Crippen LogP contribution in [0.1, 0.15) is 0 Å². The number of hydrogen-bond acceptors (Lipinski definition) is 4. The van der Waals surface area contributed by atoms with Gasteiger partial charge in [0.25, 0.3) is 0 Å². The van der Waals surface area contributed by atoms with Crippen molar-refractivity contribution in [3.05, 3.63) is 42.5 Å². The van der Waals surface area contributed by atoms with Gasteiger partial charge in [-0.2, -0.15) is 0 Å². The van der Waals surface area contributed by atoms with Crippen LogP contribution in [0.5, 0.6) is 0 Å². The molecule has 0 saturated carbocycles. The monoisotopic (exact) mass is 379 g/mol. The summed E-state index contributed by atoms with van der Waals surface area (Å²) in [5, 5.41) is 13.8. The minimum atomic E-state index is -1.10. The zero-order chi connectivity index (χ0) is 19.3. The van der Waals surface area contributed by atoms with Gasteiger partial charge in [-0.25, -0.2) is 4.79 Å². The number of hydrogen-bond donors (Lipinski definition) is 3. The molecule has 0 spiro atoms. The summed E-state index contributed by atoms with van der Waals surface area (Å²) in [5.74, 6) is -1.10. The molecule has 2 rings (SSSR count). The van der Waals surface area contributed by atoms with E-state index in [0.29, 0.717) is 5.69 Å². The summed E-state index contributed by atoms with van der Waals surface area (Å²) in [5.41, 5.74) is 4.41. The van der Waals surface area contributed by atoms with Crippen molar-refractivity contribution in [3.63, 3.8) is 0 Å². The Kier molecular flexibility index (Phi) is 8.62. The van der Waals surface area contributed by atoms with E-state index in [1.54, 1.807) is 0 Å². The van der Waals surface area contributed by atoms with Crippen LogP contribution in [0.2, 0.25) is 0 Å². The molecule has 0 heterocycles. The maximum atomic E-state index is 12.0. The van der Waals surface area contributed by atoms with Crippen LogP contribution in [-0.4, -0.2) is 81.4 Å². The number of anilines is 3. The molecule has 0 aliphatic rings. The zero-order valence-electron chi connectivity index (χ0n) is 16.4. The third-order valence-electron chi connectivity index (χ3n) is 3.86. The Morgan fingerprint density at radius 2 is 1.48 bits per heavy atom. The van der Waals surface area contributed by atoms with Crippen molar-refractivity contribution in [1.29, 1.82) is 0 Å². The summed E-state index contributed by atoms with van der Waals surface area (Å²) >= 11 is 0. The second-order valence-corrected chi connectivity index (χ2v) is 6.27. The Bertz CT molecular complexity index is 792. The number of carbonyl (C=O) groups excluding carboxylic acids is 1. The molecule has 0 saturated heterocycles. The van der Waals surface area contributed by atoms with E-state index >= 15 is 0 Å². The Labute approximate surface area is 181 Å². The number of amides is 2. The predicted octanol–water partition coefficient (Wildman–Crippen LogP) is 2.31. The van der Waals surface area contributed by atoms with Gasteiger partial charge in [0.15, 0.2) is 0 Å². The molecule has 7 nitrogen and oxygen atoms in total. The largest absolute Gasteiger partial charge is 0.480 e. The van der Waals surface area contributed by atoms with E-state index in [9.17, 15) is 9.59 Å². The standard InChI is InChI=1S/C19H24N4O3.Na/c1-22(2)14-7-5-13(6-8-14)16-10-9-15(23(3)4)11-17(16)21-19(26)20-12-18(24)25;/h5-11H,12H2,1-4H3,(H,24,25)(H2,20,21,26);. The first kappa shape index (κ1) is 22.8. The number of nitrogens with zero attached hydrogens (tertiary/aromatic N) is 2. The van der Waals surface area contributed by atoms with E-state index in [1.807, 2.05) is 80.5 Å². The molecule has 0 bridgehead atoms. The van der Waals surface area contributed by atoms with Gasteiger partial charge in [-0.15, -0.1) is 0 Å². The third-order valence-corrected chi connectivity index (χ3v) is 3.86. The molecular weight excluding hydrogens is 355 g/mol. The van der Waals surface area contributed by atoms with E-state index in [-0.39, 0.29) is 29.6 Å². The van der Waals surface area contributed by atoms with Gasteiger partial charge in [0.2, 0.25) is 0 Å². The first-order valence-corrected chi connectivity index (χ1v) is 8.13. The Balaban J connectivity index is 0.00000364. The molecule has 0 aromatic heterocycles. The number of urea groups is 1. The van der Waals surface area contributed by atoms with Gasteiger partial charge in [0.05, 0.1) is 5.69 Å². The van der Waals surface area contributed by atoms with E-state index < -0.39 is 18.5 Å². The SMILES string of the molecule is CN(C)c1ccc(-c2ccc(N(C)C)cc2NC(=O)NCC(=O)O)cc1.[Na]. The molecule has 0 atom stereocenters. The normalized spacial score (nSPS) is 9.78. The maximum absolute atomic E-state index is 12.0. The fraction of sp³-hybridized carbons (Fsp3) is 0.263. The molecule has 2 aromatic rings. The fourth-order valence-electron chi connectivity index (χ4n) is 2.43. The summed E-state index contributed by atoms with van der Waals surface area (Å²) in [6.07, 6.45) is 0. The molecule has 0 aliphatic heterocycles. The average Bonchev–Trinajstić information content (AvgIpc) is 2.60. The molecule has 8 heteroatoms. The Morgan fingerprint density at radius 3 is 2.00 bits per heavy atom. The van der Waals surface area contributed by atoms with Gasteiger partial charge in [-0.3, -0.25) is 4.79 Å². The van der Waals surface area contributed by atoms with Crippen molar-refractivity contribution in [3.8, 4) is 11.1 Å². The maximum Gasteiger partial charge on any atom is 0.323 e. The van der Waals surface area contributed by atoms with Crippen molar-refractivity contribution >= 4 is 58.6 Å². The molecular formula is C19H24N4NaO3. The van der Waals surface area contributed by atoms with E-state index in [0.717, 1.165) is 22.5 Å². The quantitative estimate of drug-likeness (QED) is 0.671. The van der Waals surface area contributed by atoms with E-state index in [1.165, 1.54) is 0 Å². The molecule has 27 heavy (non-hydrogen) atoms. The van der Waals surface area contributed by atoms with Crippen LogP contribution in [-0.2, 0) is 4.79 Å². The number of carbonyl (C=O) groups is 2. The topological polar surface area (TPSA) is 84.9 Å². The minimum absolute atomic E-state index is 0. The smallest absolute Gasteiger partial charge is 0.323 e. The van der Waals surface area contributed by atoms with Crippen LogP contribution >= 0.6 is 0 Å². The second-order valence-electron chi connectivity index (χ2n) is 6.27. The Hall–Kier alpha value is -2.22. The van der Waals surface area contributed by atoms with Gasteiger partial charge < -0.3 is 25.5 Å². The average molecular weight is 379 g/mol. The van der Waals surface area contributed by atoms with Crippen LogP contribution in [0.15, 0.2) is 42.5 Å². The van der Waals surface area contributed by atoms with Crippen LogP contribution < -0.4 is 20.4 Å². The fourth-order valence-corrected chi connectivity index (χ4v) is 2.43. The summed E-state index contributed by atoms with van der Waals surface area (Å²) < 4.78 is 0. The summed E-state index contributed by atoms with van der Waals surface area (Å²) in [6.45, 7) is -0.438. The first-order valence-electron chi connectivity index (χ1n) is 8.13. The molecule has 3 N–H and O–H groups in total. The summed E-state index contributed by atoms with van der Waals surface area (Å²) in [7, 11) is 7.77. The van der Waals surface area contributed by atoms with Gasteiger partial charge in [0.1, 0.15) is 6.54 Å². The van der Waals surface area contributed by atoms with Crippen LogP contribution in [0.4, 0.5) is 21.9 Å². The Morgan fingerprint density at radius 1 is 0.926 bits per heavy atom. The minimum Gasteiger partial charge on any atom is -0.480 e. The van der Waals surface area contributed by atoms with Crippen LogP contribution in [0, 0.1) is 0 Å². The molecule has 2 aromatic carbocycles. The predicted molar refractivity (Wildman–Crippen MR) is 111 cm³/mol. The molecule has 1 radical (unpaired) electrons. The van der Waals surface area contributed by atoms with Crippen LogP contribution in [0.3, 0.4) is 0 Å². The number of nitrogens with one attached hydrogen (secondary N) is 2. The molecule has 139 valence electrons. The van der Waals surface area contributed by atoms with E-state index in [2.05, 4.69) is 10.6 Å². The molecule has 0 unspecified atom stereocenters. The van der Waals surface area contributed by atoms with Crippen molar-refractivity contribution in [2.75, 3.05) is 49.9 Å². The van der Waals surface area contributed by atoms with Crippen molar-refractivity contribution in [2.24, 2.45) is 0 Å². The molecule has 2 amide bonds. The number of aliphatic carboxylic acids is 1. The molecule has 0 fully saturated rings. The van der Waals surface area contributed by atoms with Crippen molar-refractivity contribution in [1.82, 2.24) is 5.32 Å². The van der Waals surface area contributed by atoms with E-state index in [4.69, 9.17) is 5.11 Å². The number of carboxylic acid groups (broad SMARTS) is 1. The first-order chi connectivity index (χ1) is 12.3. The van der Waals surface area contributed by atoms with Gasteiger partial charge in [-0.1, -0.05) is 18.2 Å². The van der Waals surface area contributed by atoms with Crippen LogP contribution in [0.25, 0.3) is 11.1 Å². The van der Waals surface area contributed by atoms with Crippen molar-refractivity contribution < 1.29 is 14.7 Å². The van der Waals surface area contributed by atoms with Crippen molar-refractivity contribution in [2.45, 2.75) is 0 Å². The number of benzene rings is 2. The van der Waals surface area contributed by atoms with Gasteiger partial charge in [0, 0.05) is 74.7 Å². The zero-order valence-corrected chi connectivity index (χ0v) is 18.4. The second kappa shape index (κ2) is 10.2. The third kappa shape index (κ3) is 6.46. The summed E-state index contributed by atoms with van der Waals surface area (Å²) in [6, 6.07) is 13.2. The number of carboxylic acids is 1. The number of rotatable bonds is 6. The molecule has 0 aliphatic carbocycles. The van der Waals surface area contributed by atoms with Gasteiger partial charge in [-0.05, 0) is 29.8 Å².